The first-order valence-corrected chi connectivity index (χ1v) is 7.75. The summed E-state index contributed by atoms with van der Waals surface area (Å²) in [4.78, 5) is 35.7. The standard InChI is InChI=1S/C6H14N2.H4O7P2/c1-7-3-5-8(2)6-4-7;1-8(2,3)7-9(4,5)6/h3-6H2,1-2H3;(H2,1,2,3)(H2,4,5,6). The van der Waals surface area contributed by atoms with Crippen LogP contribution in [0.2, 0.25) is 0 Å². The number of rotatable bonds is 2. The highest BCUT2D eigenvalue weighted by Crippen LogP contribution is 2.53. The molecule has 0 spiro atoms. The van der Waals surface area contributed by atoms with Crippen LogP contribution in [0.4, 0.5) is 0 Å². The fraction of sp³-hybridized carbons (Fsp3) is 1.00. The van der Waals surface area contributed by atoms with Crippen molar-refractivity contribution in [2.75, 3.05) is 40.3 Å². The molecule has 0 aliphatic carbocycles. The summed E-state index contributed by atoms with van der Waals surface area (Å²) in [5.74, 6) is 0. The minimum atomic E-state index is -5.05. The maximum absolute atomic E-state index is 9.63. The summed E-state index contributed by atoms with van der Waals surface area (Å²) in [6.45, 7) is 4.93. The number of likely N-dealkylation sites (N-methyl/N-ethyl adjacent to an activating group) is 2. The summed E-state index contributed by atoms with van der Waals surface area (Å²) >= 11 is 0. The first-order chi connectivity index (χ1) is 7.49. The van der Waals surface area contributed by atoms with Crippen LogP contribution in [-0.4, -0.2) is 69.6 Å². The van der Waals surface area contributed by atoms with Gasteiger partial charge in [0, 0.05) is 26.2 Å². The Labute approximate surface area is 99.5 Å². The van der Waals surface area contributed by atoms with Crippen LogP contribution >= 0.6 is 15.6 Å². The monoisotopic (exact) mass is 292 g/mol. The maximum Gasteiger partial charge on any atom is 0.478 e. The van der Waals surface area contributed by atoms with Crippen LogP contribution in [0.15, 0.2) is 0 Å². The largest absolute Gasteiger partial charge is 0.478 e. The lowest BCUT2D eigenvalue weighted by atomic mass is 10.4. The van der Waals surface area contributed by atoms with Crippen molar-refractivity contribution >= 4 is 15.6 Å². The van der Waals surface area contributed by atoms with Crippen molar-refractivity contribution in [3.05, 3.63) is 0 Å². The molecule has 1 aliphatic heterocycles. The van der Waals surface area contributed by atoms with Crippen LogP contribution in [0, 0.1) is 0 Å². The predicted octanol–water partition coefficient (Wildman–Crippen LogP) is -0.948. The Morgan fingerprint density at radius 3 is 1.18 bits per heavy atom. The first-order valence-electron chi connectivity index (χ1n) is 4.69. The summed E-state index contributed by atoms with van der Waals surface area (Å²) < 4.78 is 22.2. The second-order valence-corrected chi connectivity index (χ2v) is 6.28. The Kier molecular flexibility index (Phi) is 7.01. The average molecular weight is 292 g/mol. The molecule has 11 heteroatoms. The molecule has 9 nitrogen and oxygen atoms in total. The van der Waals surface area contributed by atoms with Gasteiger partial charge in [0.05, 0.1) is 0 Å². The average Bonchev–Trinajstić information content (AvgIpc) is 2.04. The van der Waals surface area contributed by atoms with Crippen LogP contribution in [0.5, 0.6) is 0 Å². The molecule has 0 radical (unpaired) electrons. The third-order valence-corrected chi connectivity index (χ3v) is 3.64. The summed E-state index contributed by atoms with van der Waals surface area (Å²) in [6, 6.07) is 0. The van der Waals surface area contributed by atoms with Crippen LogP contribution in [-0.2, 0) is 13.4 Å². The number of phosphoric acid groups is 2. The van der Waals surface area contributed by atoms with E-state index in [9.17, 15) is 9.13 Å². The lowest BCUT2D eigenvalue weighted by Crippen LogP contribution is -2.42. The van der Waals surface area contributed by atoms with E-state index in [-0.39, 0.29) is 0 Å². The molecule has 1 fully saturated rings. The Morgan fingerprint density at radius 1 is 0.824 bits per heavy atom. The van der Waals surface area contributed by atoms with Crippen LogP contribution in [0.25, 0.3) is 0 Å². The summed E-state index contributed by atoms with van der Waals surface area (Å²) in [5, 5.41) is 0. The van der Waals surface area contributed by atoms with Crippen molar-refractivity contribution in [2.24, 2.45) is 0 Å². The zero-order valence-electron chi connectivity index (χ0n) is 9.63. The minimum absolute atomic E-state index is 1.23. The topological polar surface area (TPSA) is 131 Å². The van der Waals surface area contributed by atoms with E-state index in [1.165, 1.54) is 26.2 Å². The van der Waals surface area contributed by atoms with Crippen molar-refractivity contribution in [3.8, 4) is 0 Å². The maximum atomic E-state index is 9.63. The van der Waals surface area contributed by atoms with Gasteiger partial charge in [-0.1, -0.05) is 0 Å². The molecule has 0 aromatic carbocycles. The van der Waals surface area contributed by atoms with E-state index in [0.717, 1.165) is 0 Å². The molecule has 0 unspecified atom stereocenters. The van der Waals surface area contributed by atoms with E-state index in [2.05, 4.69) is 28.2 Å². The molecule has 0 bridgehead atoms. The lowest BCUT2D eigenvalue weighted by Gasteiger charge is -2.28. The second-order valence-electron chi connectivity index (χ2n) is 3.67. The Hall–Kier alpha value is 0.180. The van der Waals surface area contributed by atoms with Crippen molar-refractivity contribution in [1.29, 1.82) is 0 Å². The van der Waals surface area contributed by atoms with Crippen LogP contribution < -0.4 is 0 Å². The molecular formula is C6H18N2O7P2. The minimum Gasteiger partial charge on any atom is -0.304 e. The van der Waals surface area contributed by atoms with Gasteiger partial charge in [0.2, 0.25) is 0 Å². The van der Waals surface area contributed by atoms with Crippen LogP contribution in [0.3, 0.4) is 0 Å². The molecule has 0 atom stereocenters. The molecule has 17 heavy (non-hydrogen) atoms. The molecule has 1 aliphatic rings. The number of piperazine rings is 1. The van der Waals surface area contributed by atoms with Crippen LogP contribution in [0.1, 0.15) is 0 Å². The third-order valence-electron chi connectivity index (χ3n) is 1.94. The van der Waals surface area contributed by atoms with Gasteiger partial charge in [-0.05, 0) is 14.1 Å². The van der Waals surface area contributed by atoms with E-state index < -0.39 is 15.6 Å². The van der Waals surface area contributed by atoms with Crippen molar-refractivity contribution in [1.82, 2.24) is 9.80 Å². The fourth-order valence-electron chi connectivity index (χ4n) is 1.05. The molecule has 4 N–H and O–H groups in total. The van der Waals surface area contributed by atoms with E-state index in [1.54, 1.807) is 0 Å². The van der Waals surface area contributed by atoms with Gasteiger partial charge in [0.1, 0.15) is 0 Å². The molecule has 1 heterocycles. The van der Waals surface area contributed by atoms with E-state index in [4.69, 9.17) is 19.6 Å². The molecule has 0 saturated carbocycles. The van der Waals surface area contributed by atoms with Crippen molar-refractivity contribution < 1.29 is 33.0 Å². The SMILES string of the molecule is CN1CCN(C)CC1.O=P(O)(O)OP(=O)(O)O. The second kappa shape index (κ2) is 6.94. The molecule has 0 aromatic heterocycles. The van der Waals surface area contributed by atoms with E-state index in [1.807, 2.05) is 0 Å². The van der Waals surface area contributed by atoms with Gasteiger partial charge in [-0.25, -0.2) is 9.13 Å². The van der Waals surface area contributed by atoms with Crippen molar-refractivity contribution in [3.63, 3.8) is 0 Å². The highest BCUT2D eigenvalue weighted by molar-refractivity contribution is 7.60. The van der Waals surface area contributed by atoms with Gasteiger partial charge < -0.3 is 29.4 Å². The number of nitrogens with zero attached hydrogens (tertiary/aromatic N) is 2. The third kappa shape index (κ3) is 12.4. The van der Waals surface area contributed by atoms with Gasteiger partial charge in [-0.2, -0.15) is 4.31 Å². The molecule has 0 aromatic rings. The van der Waals surface area contributed by atoms with Gasteiger partial charge >= 0.3 is 15.6 Å². The molecule has 1 rings (SSSR count). The van der Waals surface area contributed by atoms with Gasteiger partial charge in [0.15, 0.2) is 0 Å². The molecule has 0 amide bonds. The first kappa shape index (κ1) is 17.2. The number of hydrogen-bond donors (Lipinski definition) is 4. The quantitative estimate of drug-likeness (QED) is 0.476. The fourth-order valence-corrected chi connectivity index (χ4v) is 2.15. The predicted molar refractivity (Wildman–Crippen MR) is 60.2 cm³/mol. The smallest absolute Gasteiger partial charge is 0.304 e. The summed E-state index contributed by atoms with van der Waals surface area (Å²) in [6.07, 6.45) is 0. The molecular weight excluding hydrogens is 274 g/mol. The normalized spacial score (nSPS) is 19.6. The van der Waals surface area contributed by atoms with E-state index >= 15 is 0 Å². The highest BCUT2D eigenvalue weighted by Gasteiger charge is 2.27. The summed E-state index contributed by atoms with van der Waals surface area (Å²) in [5.41, 5.74) is 0. The number of hydrogen-bond acceptors (Lipinski definition) is 5. The Balaban J connectivity index is 0.000000302. The van der Waals surface area contributed by atoms with Gasteiger partial charge in [-0.3, -0.25) is 0 Å². The van der Waals surface area contributed by atoms with E-state index in [0.29, 0.717) is 0 Å². The lowest BCUT2D eigenvalue weighted by molar-refractivity contribution is 0.181. The Bertz CT molecular complexity index is 275. The van der Waals surface area contributed by atoms with Gasteiger partial charge in [0.25, 0.3) is 0 Å². The van der Waals surface area contributed by atoms with Crippen molar-refractivity contribution in [2.45, 2.75) is 0 Å². The Morgan fingerprint density at radius 2 is 1.06 bits per heavy atom. The highest BCUT2D eigenvalue weighted by atomic mass is 31.3. The van der Waals surface area contributed by atoms with Gasteiger partial charge in [-0.15, -0.1) is 0 Å². The zero-order valence-corrected chi connectivity index (χ0v) is 11.4. The zero-order chi connectivity index (χ0) is 13.7. The molecule has 1 saturated heterocycles. The summed E-state index contributed by atoms with van der Waals surface area (Å²) in [7, 11) is -5.75. The molecule has 104 valence electrons.